The maximum atomic E-state index is 12.8. The second-order valence-corrected chi connectivity index (χ2v) is 6.39. The lowest BCUT2D eigenvalue weighted by Crippen LogP contribution is -2.24. The van der Waals surface area contributed by atoms with Gasteiger partial charge in [-0.2, -0.15) is 13.2 Å². The van der Waals surface area contributed by atoms with Gasteiger partial charge in [0, 0.05) is 24.8 Å². The summed E-state index contributed by atoms with van der Waals surface area (Å²) in [5.41, 5.74) is 0.299. The highest BCUT2D eigenvalue weighted by Gasteiger charge is 2.31. The highest BCUT2D eigenvalue weighted by atomic mass is 35.5. The molecule has 27 heavy (non-hydrogen) atoms. The first-order valence-electron chi connectivity index (χ1n) is 8.05. The molecule has 0 unspecified atom stereocenters. The first kappa shape index (κ1) is 19.0. The van der Waals surface area contributed by atoms with Crippen LogP contribution >= 0.6 is 11.6 Å². The number of nitrogens with zero attached hydrogens (tertiary/aromatic N) is 2. The Hall–Kier alpha value is -2.74. The number of alkyl halides is 3. The van der Waals surface area contributed by atoms with Gasteiger partial charge in [-0.3, -0.25) is 4.99 Å². The zero-order chi connectivity index (χ0) is 19.6. The van der Waals surface area contributed by atoms with Gasteiger partial charge in [0.2, 0.25) is 0 Å². The number of urea groups is 1. The van der Waals surface area contributed by atoms with Crippen molar-refractivity contribution in [1.82, 2.24) is 4.90 Å². The third-order valence-electron chi connectivity index (χ3n) is 3.98. The smallest absolute Gasteiger partial charge is 0.358 e. The number of likely N-dealkylation sites (N-methyl/N-ethyl adjacent to an activating group) is 1. The first-order valence-corrected chi connectivity index (χ1v) is 8.42. The van der Waals surface area contributed by atoms with E-state index < -0.39 is 17.8 Å². The number of halogens is 4. The van der Waals surface area contributed by atoms with Gasteiger partial charge in [0.1, 0.15) is 5.84 Å². The maximum Gasteiger partial charge on any atom is 0.416 e. The molecule has 1 aliphatic rings. The molecule has 2 aromatic rings. The minimum absolute atomic E-state index is 0.00818. The fraction of sp³-hybridized carbons (Fsp3) is 0.222. The number of benzene rings is 2. The Kier molecular flexibility index (Phi) is 5.27. The predicted octanol–water partition coefficient (Wildman–Crippen LogP) is 4.69. The van der Waals surface area contributed by atoms with Crippen LogP contribution in [0.4, 0.5) is 29.3 Å². The molecule has 2 amide bonds. The van der Waals surface area contributed by atoms with Crippen LogP contribution in [0, 0.1) is 0 Å². The number of carbonyl (C=O) groups excluding carboxylic acids is 1. The number of hydrogen-bond acceptors (Lipinski definition) is 3. The van der Waals surface area contributed by atoms with E-state index >= 15 is 0 Å². The van der Waals surface area contributed by atoms with Crippen LogP contribution in [-0.2, 0) is 6.18 Å². The van der Waals surface area contributed by atoms with Crippen LogP contribution in [0.2, 0.25) is 5.02 Å². The molecule has 2 N–H and O–H groups in total. The van der Waals surface area contributed by atoms with Gasteiger partial charge in [-0.1, -0.05) is 23.7 Å². The molecule has 3 rings (SSSR count). The fourth-order valence-corrected chi connectivity index (χ4v) is 2.83. The molecule has 0 bridgehead atoms. The Morgan fingerprint density at radius 1 is 1.19 bits per heavy atom. The number of anilines is 2. The molecule has 1 heterocycles. The molecule has 142 valence electrons. The van der Waals surface area contributed by atoms with Crippen molar-refractivity contribution in [3.05, 3.63) is 58.6 Å². The van der Waals surface area contributed by atoms with Crippen LogP contribution in [0.25, 0.3) is 0 Å². The minimum Gasteiger partial charge on any atom is -0.358 e. The Labute approximate surface area is 158 Å². The fourth-order valence-electron chi connectivity index (χ4n) is 2.66. The van der Waals surface area contributed by atoms with E-state index in [0.717, 1.165) is 36.1 Å². The third kappa shape index (κ3) is 4.51. The van der Waals surface area contributed by atoms with Gasteiger partial charge >= 0.3 is 12.2 Å². The van der Waals surface area contributed by atoms with Crippen molar-refractivity contribution in [3.63, 3.8) is 0 Å². The van der Waals surface area contributed by atoms with E-state index in [1.807, 2.05) is 18.0 Å². The Balaban J connectivity index is 1.73. The van der Waals surface area contributed by atoms with Crippen molar-refractivity contribution in [2.24, 2.45) is 4.99 Å². The minimum atomic E-state index is -4.53. The molecule has 0 saturated heterocycles. The number of amidine groups is 1. The van der Waals surface area contributed by atoms with Gasteiger partial charge < -0.3 is 15.5 Å². The zero-order valence-electron chi connectivity index (χ0n) is 14.3. The highest BCUT2D eigenvalue weighted by Crippen LogP contribution is 2.33. The molecule has 0 radical (unpaired) electrons. The molecule has 1 aliphatic heterocycles. The van der Waals surface area contributed by atoms with E-state index in [1.165, 1.54) is 0 Å². The molecule has 0 aromatic heterocycles. The topological polar surface area (TPSA) is 56.7 Å². The van der Waals surface area contributed by atoms with Gasteiger partial charge in [-0.25, -0.2) is 4.79 Å². The summed E-state index contributed by atoms with van der Waals surface area (Å²) in [4.78, 5) is 18.6. The summed E-state index contributed by atoms with van der Waals surface area (Å²) in [6.07, 6.45) is -4.53. The quantitative estimate of drug-likeness (QED) is 0.790. The first-order chi connectivity index (χ1) is 12.7. The average molecular weight is 397 g/mol. The largest absolute Gasteiger partial charge is 0.416 e. The second kappa shape index (κ2) is 7.48. The number of hydrogen-bond donors (Lipinski definition) is 2. The van der Waals surface area contributed by atoms with Crippen molar-refractivity contribution >= 4 is 34.8 Å². The van der Waals surface area contributed by atoms with Gasteiger partial charge in [-0.15, -0.1) is 0 Å². The number of rotatable bonds is 3. The standard InChI is InChI=1S/C18H16ClF3N4O/c1-26-8-7-23-16(26)11-3-2-4-13(9-11)24-17(27)25-15-10-12(18(20,21)22)5-6-14(15)19/h2-6,9-10H,7-8H2,1H3,(H2,24,25,27). The predicted molar refractivity (Wildman–Crippen MR) is 99.6 cm³/mol. The third-order valence-corrected chi connectivity index (χ3v) is 4.31. The van der Waals surface area contributed by atoms with Gasteiger partial charge in [0.25, 0.3) is 0 Å². The van der Waals surface area contributed by atoms with Gasteiger partial charge in [0.15, 0.2) is 0 Å². The van der Waals surface area contributed by atoms with E-state index in [1.54, 1.807) is 18.2 Å². The molecule has 0 saturated carbocycles. The van der Waals surface area contributed by atoms with Crippen LogP contribution in [0.5, 0.6) is 0 Å². The lowest BCUT2D eigenvalue weighted by Gasteiger charge is -2.15. The van der Waals surface area contributed by atoms with E-state index in [4.69, 9.17) is 11.6 Å². The number of aliphatic imine (C=N–C) groups is 1. The van der Waals surface area contributed by atoms with Gasteiger partial charge in [-0.05, 0) is 30.3 Å². The summed E-state index contributed by atoms with van der Waals surface area (Å²) in [5, 5.41) is 4.95. The molecule has 2 aromatic carbocycles. The average Bonchev–Trinajstić information content (AvgIpc) is 3.02. The summed E-state index contributed by atoms with van der Waals surface area (Å²) in [6.45, 7) is 1.53. The SMILES string of the molecule is CN1CCN=C1c1cccc(NC(=O)Nc2cc(C(F)(F)F)ccc2Cl)c1. The molecular weight excluding hydrogens is 381 g/mol. The molecule has 0 spiro atoms. The number of nitrogens with one attached hydrogen (secondary N) is 2. The van der Waals surface area contributed by atoms with E-state index in [9.17, 15) is 18.0 Å². The van der Waals surface area contributed by atoms with Crippen molar-refractivity contribution in [2.75, 3.05) is 30.8 Å². The van der Waals surface area contributed by atoms with Crippen molar-refractivity contribution in [1.29, 1.82) is 0 Å². The number of amides is 2. The van der Waals surface area contributed by atoms with E-state index in [-0.39, 0.29) is 10.7 Å². The van der Waals surface area contributed by atoms with Crippen LogP contribution in [-0.4, -0.2) is 36.9 Å². The lowest BCUT2D eigenvalue weighted by molar-refractivity contribution is -0.137. The normalized spacial score (nSPS) is 14.1. The Morgan fingerprint density at radius 3 is 2.63 bits per heavy atom. The molecule has 0 fully saturated rings. The van der Waals surface area contributed by atoms with Crippen LogP contribution < -0.4 is 10.6 Å². The van der Waals surface area contributed by atoms with E-state index in [0.29, 0.717) is 12.2 Å². The Morgan fingerprint density at radius 2 is 1.96 bits per heavy atom. The Bertz CT molecular complexity index is 898. The van der Waals surface area contributed by atoms with Crippen molar-refractivity contribution < 1.29 is 18.0 Å². The zero-order valence-corrected chi connectivity index (χ0v) is 15.0. The number of carbonyl (C=O) groups is 1. The molecule has 5 nitrogen and oxygen atoms in total. The van der Waals surface area contributed by atoms with Gasteiger partial charge in [0.05, 0.1) is 22.8 Å². The summed E-state index contributed by atoms with van der Waals surface area (Å²) in [7, 11) is 1.92. The summed E-state index contributed by atoms with van der Waals surface area (Å²) in [5.74, 6) is 0.819. The van der Waals surface area contributed by atoms with Crippen molar-refractivity contribution in [2.45, 2.75) is 6.18 Å². The maximum absolute atomic E-state index is 12.8. The van der Waals surface area contributed by atoms with Crippen molar-refractivity contribution in [3.8, 4) is 0 Å². The summed E-state index contributed by atoms with van der Waals surface area (Å²) < 4.78 is 38.5. The highest BCUT2D eigenvalue weighted by molar-refractivity contribution is 6.33. The van der Waals surface area contributed by atoms with Crippen LogP contribution in [0.1, 0.15) is 11.1 Å². The molecule has 9 heteroatoms. The lowest BCUT2D eigenvalue weighted by atomic mass is 10.1. The van der Waals surface area contributed by atoms with Crippen LogP contribution in [0.3, 0.4) is 0 Å². The molecule has 0 aliphatic carbocycles. The second-order valence-electron chi connectivity index (χ2n) is 5.98. The van der Waals surface area contributed by atoms with Crippen LogP contribution in [0.15, 0.2) is 47.5 Å². The molecule has 0 atom stereocenters. The summed E-state index contributed by atoms with van der Waals surface area (Å²) in [6, 6.07) is 9.09. The van der Waals surface area contributed by atoms with E-state index in [2.05, 4.69) is 15.6 Å². The summed E-state index contributed by atoms with van der Waals surface area (Å²) >= 11 is 5.89. The monoisotopic (exact) mass is 396 g/mol. The molecular formula is C18H16ClF3N4O.